The number of hydrogen-bond donors (Lipinski definition) is 1. The molecule has 0 bridgehead atoms. The van der Waals surface area contributed by atoms with Crippen molar-refractivity contribution in [2.45, 2.75) is 17.9 Å². The van der Waals surface area contributed by atoms with Crippen molar-refractivity contribution < 1.29 is 27.4 Å². The second-order valence-electron chi connectivity index (χ2n) is 6.91. The van der Waals surface area contributed by atoms with Gasteiger partial charge in [0.2, 0.25) is 10.0 Å². The molecule has 9 heteroatoms. The molecule has 162 valence electrons. The van der Waals surface area contributed by atoms with Crippen LogP contribution in [0, 0.1) is 0 Å². The molecule has 8 nitrogen and oxygen atoms in total. The maximum absolute atomic E-state index is 12.8. The summed E-state index contributed by atoms with van der Waals surface area (Å²) in [7, 11) is -2.07. The number of nitrogens with zero attached hydrogens (tertiary/aromatic N) is 1. The van der Waals surface area contributed by atoms with Crippen LogP contribution in [0.2, 0.25) is 0 Å². The van der Waals surface area contributed by atoms with Crippen LogP contribution in [-0.4, -0.2) is 64.7 Å². The predicted octanol–water partition coefficient (Wildman–Crippen LogP) is 1.91. The molecule has 0 aromatic heterocycles. The Balaban J connectivity index is 1.60. The lowest BCUT2D eigenvalue weighted by Gasteiger charge is -2.26. The van der Waals surface area contributed by atoms with Gasteiger partial charge in [-0.2, -0.15) is 4.31 Å². The molecule has 0 saturated carbocycles. The van der Waals surface area contributed by atoms with Crippen LogP contribution in [0.15, 0.2) is 53.4 Å². The number of amides is 1. The third kappa shape index (κ3) is 5.50. The molecule has 2 aromatic rings. The minimum absolute atomic E-state index is 0.0965. The zero-order chi connectivity index (χ0) is 21.6. The summed E-state index contributed by atoms with van der Waals surface area (Å²) in [5.41, 5.74) is 0.278. The van der Waals surface area contributed by atoms with E-state index in [2.05, 4.69) is 5.32 Å². The number of methoxy groups -OCH3 is 1. The summed E-state index contributed by atoms with van der Waals surface area (Å²) in [4.78, 5) is 12.7. The van der Waals surface area contributed by atoms with Gasteiger partial charge in [0.1, 0.15) is 18.1 Å². The van der Waals surface area contributed by atoms with Crippen molar-refractivity contribution in [1.29, 1.82) is 0 Å². The summed E-state index contributed by atoms with van der Waals surface area (Å²) in [6.45, 7) is 3.42. The highest BCUT2D eigenvalue weighted by molar-refractivity contribution is 7.89. The first-order valence-corrected chi connectivity index (χ1v) is 11.1. The molecule has 2 aromatic carbocycles. The molecule has 3 rings (SSSR count). The van der Waals surface area contributed by atoms with Crippen LogP contribution in [0.4, 0.5) is 0 Å². The first-order chi connectivity index (χ1) is 14.4. The fourth-order valence-corrected chi connectivity index (χ4v) is 4.43. The average molecular weight is 435 g/mol. The molecule has 1 aliphatic rings. The lowest BCUT2D eigenvalue weighted by molar-refractivity contribution is 0.0730. The number of benzene rings is 2. The molecule has 1 saturated heterocycles. The van der Waals surface area contributed by atoms with Crippen molar-refractivity contribution in [3.05, 3.63) is 54.1 Å². The van der Waals surface area contributed by atoms with Gasteiger partial charge in [0, 0.05) is 18.7 Å². The largest absolute Gasteiger partial charge is 0.497 e. The molecule has 1 aliphatic heterocycles. The molecular formula is C21H26N2O6S. The van der Waals surface area contributed by atoms with Crippen molar-refractivity contribution in [1.82, 2.24) is 9.62 Å². The first-order valence-electron chi connectivity index (χ1n) is 9.66. The summed E-state index contributed by atoms with van der Waals surface area (Å²) in [6, 6.07) is 12.9. The number of carbonyl (C=O) groups is 1. The molecule has 1 N–H and O–H groups in total. The fraction of sp³-hybridized carbons (Fsp3) is 0.381. The Morgan fingerprint density at radius 1 is 1.13 bits per heavy atom. The van der Waals surface area contributed by atoms with E-state index in [1.807, 2.05) is 6.92 Å². The highest BCUT2D eigenvalue weighted by atomic mass is 32.2. The number of sulfonamides is 1. The van der Waals surface area contributed by atoms with E-state index >= 15 is 0 Å². The number of carbonyl (C=O) groups excluding carboxylic acids is 1. The van der Waals surface area contributed by atoms with Crippen LogP contribution in [-0.2, 0) is 14.8 Å². The standard InChI is InChI=1S/C21H26N2O6S/c1-16(15-29-19-8-6-18(27-2)7-9-19)22-21(24)17-4-3-5-20(14-17)30(25,26)23-10-12-28-13-11-23/h3-9,14,16H,10-13,15H2,1-2H3,(H,22,24)/t16-/m0/s1. The highest BCUT2D eigenvalue weighted by Crippen LogP contribution is 2.19. The van der Waals surface area contributed by atoms with E-state index < -0.39 is 10.0 Å². The lowest BCUT2D eigenvalue weighted by atomic mass is 10.2. The Hall–Kier alpha value is -2.62. The molecule has 1 amide bonds. The molecule has 1 atom stereocenters. The molecule has 0 spiro atoms. The Bertz CT molecular complexity index is 956. The summed E-state index contributed by atoms with van der Waals surface area (Å²) in [5.74, 6) is 1.03. The van der Waals surface area contributed by atoms with Crippen LogP contribution < -0.4 is 14.8 Å². The molecular weight excluding hydrogens is 408 g/mol. The van der Waals surface area contributed by atoms with Gasteiger partial charge in [0.25, 0.3) is 5.91 Å². The molecule has 30 heavy (non-hydrogen) atoms. The number of hydrogen-bond acceptors (Lipinski definition) is 6. The van der Waals surface area contributed by atoms with Gasteiger partial charge in [-0.3, -0.25) is 4.79 Å². The predicted molar refractivity (Wildman–Crippen MR) is 111 cm³/mol. The number of rotatable bonds is 8. The second-order valence-corrected chi connectivity index (χ2v) is 8.84. The van der Waals surface area contributed by atoms with Crippen molar-refractivity contribution in [3.63, 3.8) is 0 Å². The van der Waals surface area contributed by atoms with Crippen molar-refractivity contribution in [2.24, 2.45) is 0 Å². The molecule has 0 unspecified atom stereocenters. The van der Waals surface area contributed by atoms with E-state index in [1.54, 1.807) is 43.5 Å². The maximum Gasteiger partial charge on any atom is 0.251 e. The normalized spacial score (nSPS) is 15.9. The molecule has 0 radical (unpaired) electrons. The van der Waals surface area contributed by atoms with E-state index in [-0.39, 0.29) is 29.0 Å². The summed E-state index contributed by atoms with van der Waals surface area (Å²) in [6.07, 6.45) is 0. The molecule has 1 heterocycles. The summed E-state index contributed by atoms with van der Waals surface area (Å²) in [5, 5.41) is 2.83. The summed E-state index contributed by atoms with van der Waals surface area (Å²) < 4.78 is 43.0. The quantitative estimate of drug-likeness (QED) is 0.682. The fourth-order valence-electron chi connectivity index (χ4n) is 2.98. The van der Waals surface area contributed by atoms with Gasteiger partial charge in [-0.1, -0.05) is 6.07 Å². The summed E-state index contributed by atoms with van der Waals surface area (Å²) >= 11 is 0. The van der Waals surface area contributed by atoms with Gasteiger partial charge in [0.15, 0.2) is 0 Å². The van der Waals surface area contributed by atoms with Crippen molar-refractivity contribution >= 4 is 15.9 Å². The number of nitrogens with one attached hydrogen (secondary N) is 1. The Labute approximate surface area is 176 Å². The van der Waals surface area contributed by atoms with E-state index in [0.717, 1.165) is 5.75 Å². The van der Waals surface area contributed by atoms with Gasteiger partial charge in [-0.15, -0.1) is 0 Å². The smallest absolute Gasteiger partial charge is 0.251 e. The topological polar surface area (TPSA) is 94.2 Å². The first kappa shape index (κ1) is 22.1. The van der Waals surface area contributed by atoms with Crippen LogP contribution in [0.25, 0.3) is 0 Å². The highest BCUT2D eigenvalue weighted by Gasteiger charge is 2.27. The van der Waals surface area contributed by atoms with Crippen molar-refractivity contribution in [2.75, 3.05) is 40.0 Å². The van der Waals surface area contributed by atoms with Gasteiger partial charge >= 0.3 is 0 Å². The van der Waals surface area contributed by atoms with Crippen LogP contribution in [0.1, 0.15) is 17.3 Å². The van der Waals surface area contributed by atoms with E-state index in [9.17, 15) is 13.2 Å². The number of morpholine rings is 1. The van der Waals surface area contributed by atoms with Crippen LogP contribution in [0.5, 0.6) is 11.5 Å². The van der Waals surface area contributed by atoms with E-state index in [0.29, 0.717) is 32.1 Å². The van der Waals surface area contributed by atoms with Crippen LogP contribution in [0.3, 0.4) is 0 Å². The Morgan fingerprint density at radius 3 is 2.47 bits per heavy atom. The Kier molecular flexibility index (Phi) is 7.30. The zero-order valence-electron chi connectivity index (χ0n) is 17.0. The van der Waals surface area contributed by atoms with Gasteiger partial charge < -0.3 is 19.5 Å². The zero-order valence-corrected chi connectivity index (χ0v) is 17.9. The Morgan fingerprint density at radius 2 is 1.80 bits per heavy atom. The molecule has 1 fully saturated rings. The van der Waals surface area contributed by atoms with Gasteiger partial charge in [0.05, 0.1) is 31.3 Å². The third-order valence-electron chi connectivity index (χ3n) is 4.64. The maximum atomic E-state index is 12.8. The van der Waals surface area contributed by atoms with E-state index in [1.165, 1.54) is 16.4 Å². The third-order valence-corrected chi connectivity index (χ3v) is 6.54. The molecule has 0 aliphatic carbocycles. The van der Waals surface area contributed by atoms with Gasteiger partial charge in [-0.25, -0.2) is 8.42 Å². The second kappa shape index (κ2) is 9.92. The van der Waals surface area contributed by atoms with Crippen molar-refractivity contribution in [3.8, 4) is 11.5 Å². The van der Waals surface area contributed by atoms with E-state index in [4.69, 9.17) is 14.2 Å². The average Bonchev–Trinajstić information content (AvgIpc) is 2.78. The van der Waals surface area contributed by atoms with Crippen LogP contribution >= 0.6 is 0 Å². The number of ether oxygens (including phenoxy) is 3. The lowest BCUT2D eigenvalue weighted by Crippen LogP contribution is -2.40. The van der Waals surface area contributed by atoms with Gasteiger partial charge in [-0.05, 0) is 49.4 Å². The minimum Gasteiger partial charge on any atom is -0.497 e. The SMILES string of the molecule is COc1ccc(OC[C@H](C)NC(=O)c2cccc(S(=O)(=O)N3CCOCC3)c2)cc1. The monoisotopic (exact) mass is 434 g/mol. The minimum atomic E-state index is -3.66.